The molecule has 2 saturated carbocycles. The molecule has 0 bridgehead atoms. The quantitative estimate of drug-likeness (QED) is 0.415. The molecule has 2 N–H and O–H groups in total. The summed E-state index contributed by atoms with van der Waals surface area (Å²) in [4.78, 5) is 18.5. The number of halogens is 1. The van der Waals surface area contributed by atoms with E-state index in [1.165, 1.54) is 12.8 Å². The van der Waals surface area contributed by atoms with Crippen molar-refractivity contribution in [3.05, 3.63) is 0 Å². The Morgan fingerprint density at radius 2 is 1.86 bits per heavy atom. The average Bonchev–Trinajstić information content (AvgIpc) is 3.14. The van der Waals surface area contributed by atoms with Gasteiger partial charge in [0.2, 0.25) is 5.91 Å². The number of guanidine groups is 1. The molecule has 0 aromatic heterocycles. The first-order chi connectivity index (χ1) is 9.57. The van der Waals surface area contributed by atoms with E-state index in [1.807, 2.05) is 14.1 Å². The lowest BCUT2D eigenvalue weighted by Gasteiger charge is -2.31. The predicted octanol–water partition coefficient (Wildman–Crippen LogP) is 1.83. The second-order valence-corrected chi connectivity index (χ2v) is 6.44. The highest BCUT2D eigenvalue weighted by Gasteiger charge is 2.42. The molecule has 0 spiro atoms. The third kappa shape index (κ3) is 5.00. The second kappa shape index (κ2) is 8.19. The Bertz CT molecular complexity index is 374. The zero-order chi connectivity index (χ0) is 14.6. The van der Waals surface area contributed by atoms with Crippen molar-refractivity contribution < 1.29 is 4.79 Å². The minimum atomic E-state index is -0.235. The molecule has 122 valence electrons. The number of carbonyl (C=O) groups is 1. The van der Waals surface area contributed by atoms with E-state index in [4.69, 9.17) is 0 Å². The number of hydrogen-bond acceptors (Lipinski definition) is 2. The second-order valence-electron chi connectivity index (χ2n) is 6.44. The molecule has 21 heavy (non-hydrogen) atoms. The van der Waals surface area contributed by atoms with Gasteiger partial charge in [-0.25, -0.2) is 0 Å². The molecule has 0 unspecified atom stereocenters. The van der Waals surface area contributed by atoms with Crippen molar-refractivity contribution >= 4 is 35.8 Å². The van der Waals surface area contributed by atoms with Crippen molar-refractivity contribution in [1.29, 1.82) is 0 Å². The number of nitrogens with zero attached hydrogens (tertiary/aromatic N) is 2. The van der Waals surface area contributed by atoms with Crippen LogP contribution < -0.4 is 10.6 Å². The predicted molar refractivity (Wildman–Crippen MR) is 97.1 cm³/mol. The summed E-state index contributed by atoms with van der Waals surface area (Å²) in [5.41, 5.74) is -0.235. The first kappa shape index (κ1) is 18.5. The number of nitrogens with one attached hydrogen (secondary N) is 2. The largest absolute Gasteiger partial charge is 0.356 e. The van der Waals surface area contributed by atoms with Gasteiger partial charge < -0.3 is 15.5 Å². The van der Waals surface area contributed by atoms with E-state index in [0.29, 0.717) is 6.54 Å². The molecule has 5 nitrogen and oxygen atoms in total. The van der Waals surface area contributed by atoms with Gasteiger partial charge >= 0.3 is 0 Å². The van der Waals surface area contributed by atoms with Gasteiger partial charge in [0, 0.05) is 34.2 Å². The van der Waals surface area contributed by atoms with Crippen LogP contribution in [0.2, 0.25) is 0 Å². The number of hydrogen-bond donors (Lipinski definition) is 2. The Morgan fingerprint density at radius 1 is 1.24 bits per heavy atom. The third-order valence-electron chi connectivity index (χ3n) is 4.49. The first-order valence-electron chi connectivity index (χ1n) is 7.74. The minimum absolute atomic E-state index is 0. The van der Waals surface area contributed by atoms with Crippen LogP contribution in [0.15, 0.2) is 4.99 Å². The molecule has 2 rings (SSSR count). The third-order valence-corrected chi connectivity index (χ3v) is 4.49. The molecule has 1 amide bonds. The van der Waals surface area contributed by atoms with Crippen LogP contribution >= 0.6 is 24.0 Å². The van der Waals surface area contributed by atoms with E-state index in [2.05, 4.69) is 15.6 Å². The highest BCUT2D eigenvalue weighted by atomic mass is 127. The van der Waals surface area contributed by atoms with Crippen LogP contribution in [0.5, 0.6) is 0 Å². The maximum absolute atomic E-state index is 12.5. The number of aliphatic imine (C=N–C) groups is 1. The SMILES string of the molecule is CN=C(NCC1CC1)NCC1(C(=O)N(C)C)CCCC1.I. The summed E-state index contributed by atoms with van der Waals surface area (Å²) >= 11 is 0. The van der Waals surface area contributed by atoms with Crippen LogP contribution in [-0.4, -0.2) is 51.0 Å². The van der Waals surface area contributed by atoms with Gasteiger partial charge in [-0.1, -0.05) is 12.8 Å². The van der Waals surface area contributed by atoms with E-state index >= 15 is 0 Å². The zero-order valence-corrected chi connectivity index (χ0v) is 15.8. The first-order valence-corrected chi connectivity index (χ1v) is 7.74. The summed E-state index contributed by atoms with van der Waals surface area (Å²) in [6, 6.07) is 0. The van der Waals surface area contributed by atoms with Gasteiger partial charge in [-0.05, 0) is 31.6 Å². The Kier molecular flexibility index (Phi) is 7.23. The molecule has 0 saturated heterocycles. The fourth-order valence-corrected chi connectivity index (χ4v) is 3.03. The van der Waals surface area contributed by atoms with Gasteiger partial charge in [-0.15, -0.1) is 24.0 Å². The molecular weight excluding hydrogens is 379 g/mol. The molecule has 6 heteroatoms. The smallest absolute Gasteiger partial charge is 0.230 e. The van der Waals surface area contributed by atoms with Crippen molar-refractivity contribution in [1.82, 2.24) is 15.5 Å². The van der Waals surface area contributed by atoms with Crippen LogP contribution in [0.1, 0.15) is 38.5 Å². The lowest BCUT2D eigenvalue weighted by atomic mass is 9.84. The molecule has 0 aromatic rings. The molecule has 2 fully saturated rings. The molecule has 0 radical (unpaired) electrons. The fraction of sp³-hybridized carbons (Fsp3) is 0.867. The highest BCUT2D eigenvalue weighted by molar-refractivity contribution is 14.0. The van der Waals surface area contributed by atoms with Crippen molar-refractivity contribution in [3.63, 3.8) is 0 Å². The summed E-state index contributed by atoms with van der Waals surface area (Å²) in [5, 5.41) is 6.72. The van der Waals surface area contributed by atoms with Crippen molar-refractivity contribution in [2.45, 2.75) is 38.5 Å². The van der Waals surface area contributed by atoms with E-state index in [0.717, 1.165) is 44.1 Å². The molecule has 0 heterocycles. The number of carbonyl (C=O) groups excluding carboxylic acids is 1. The van der Waals surface area contributed by atoms with Crippen LogP contribution in [0, 0.1) is 11.3 Å². The molecule has 0 atom stereocenters. The average molecular weight is 408 g/mol. The van der Waals surface area contributed by atoms with E-state index in [1.54, 1.807) is 11.9 Å². The van der Waals surface area contributed by atoms with E-state index < -0.39 is 0 Å². The van der Waals surface area contributed by atoms with Gasteiger partial charge in [-0.2, -0.15) is 0 Å². The Morgan fingerprint density at radius 3 is 2.33 bits per heavy atom. The van der Waals surface area contributed by atoms with Gasteiger partial charge in [0.1, 0.15) is 0 Å². The van der Waals surface area contributed by atoms with Gasteiger partial charge in [0.15, 0.2) is 5.96 Å². The lowest BCUT2D eigenvalue weighted by Crippen LogP contribution is -2.49. The summed E-state index contributed by atoms with van der Waals surface area (Å²) in [5.74, 6) is 1.90. The monoisotopic (exact) mass is 408 g/mol. The van der Waals surface area contributed by atoms with Crippen LogP contribution in [-0.2, 0) is 4.79 Å². The summed E-state index contributed by atoms with van der Waals surface area (Å²) < 4.78 is 0. The minimum Gasteiger partial charge on any atom is -0.356 e. The topological polar surface area (TPSA) is 56.7 Å². The van der Waals surface area contributed by atoms with Gasteiger partial charge in [-0.3, -0.25) is 9.79 Å². The van der Waals surface area contributed by atoms with Gasteiger partial charge in [0.05, 0.1) is 5.41 Å². The molecule has 2 aliphatic rings. The Hall–Kier alpha value is -0.530. The normalized spacial score (nSPS) is 20.6. The molecule has 2 aliphatic carbocycles. The Labute approximate surface area is 145 Å². The standard InChI is InChI=1S/C15H28N4O.HI/c1-16-14(17-10-12-6-7-12)18-11-15(8-4-5-9-15)13(20)19(2)3;/h12H,4-11H2,1-3H3,(H2,16,17,18);1H. The number of rotatable bonds is 5. The molecule has 0 aromatic carbocycles. The fourth-order valence-electron chi connectivity index (χ4n) is 3.03. The molecule has 0 aliphatic heterocycles. The summed E-state index contributed by atoms with van der Waals surface area (Å²) in [6.45, 7) is 1.68. The van der Waals surface area contributed by atoms with Crippen molar-refractivity contribution in [2.75, 3.05) is 34.2 Å². The van der Waals surface area contributed by atoms with Crippen molar-refractivity contribution in [3.8, 4) is 0 Å². The van der Waals surface area contributed by atoms with E-state index in [9.17, 15) is 4.79 Å². The highest BCUT2D eigenvalue weighted by Crippen LogP contribution is 2.38. The van der Waals surface area contributed by atoms with Crippen LogP contribution in [0.3, 0.4) is 0 Å². The van der Waals surface area contributed by atoms with Crippen LogP contribution in [0.25, 0.3) is 0 Å². The summed E-state index contributed by atoms with van der Waals surface area (Å²) in [7, 11) is 5.49. The zero-order valence-electron chi connectivity index (χ0n) is 13.4. The van der Waals surface area contributed by atoms with Gasteiger partial charge in [0.25, 0.3) is 0 Å². The summed E-state index contributed by atoms with van der Waals surface area (Å²) in [6.07, 6.45) is 6.91. The lowest BCUT2D eigenvalue weighted by molar-refractivity contribution is -0.138. The van der Waals surface area contributed by atoms with Crippen molar-refractivity contribution in [2.24, 2.45) is 16.3 Å². The maximum Gasteiger partial charge on any atom is 0.230 e. The number of amides is 1. The maximum atomic E-state index is 12.5. The van der Waals surface area contributed by atoms with E-state index in [-0.39, 0.29) is 35.3 Å². The Balaban J connectivity index is 0.00000220. The molecular formula is C15H29IN4O. The van der Waals surface area contributed by atoms with Crippen LogP contribution in [0.4, 0.5) is 0 Å².